The van der Waals surface area contributed by atoms with Crippen molar-refractivity contribution in [3.05, 3.63) is 94.4 Å². The van der Waals surface area contributed by atoms with E-state index in [4.69, 9.17) is 16.3 Å². The third kappa shape index (κ3) is 6.73. The van der Waals surface area contributed by atoms with Gasteiger partial charge < -0.3 is 15.2 Å². The monoisotopic (exact) mass is 600 g/mol. The standard InChI is InChI=1S/C28H26ClFN4O6S/c1-4-16(2)33-41(38,39)24-15-21(31-26(35)18-6-5-7-19(29)14-18)10-13-23(24)40-27-17(3)25(28(36)37)32-34(27)22-11-8-20(30)9-12-22/h5-16,33H,4H2,1-3H3,(H,31,35)(H,36,37)/t16-/m0/s1. The summed E-state index contributed by atoms with van der Waals surface area (Å²) in [5.74, 6) is -2.62. The van der Waals surface area contributed by atoms with Gasteiger partial charge in [-0.2, -0.15) is 9.78 Å². The van der Waals surface area contributed by atoms with Gasteiger partial charge in [-0.1, -0.05) is 24.6 Å². The summed E-state index contributed by atoms with van der Waals surface area (Å²) in [6.45, 7) is 4.96. The van der Waals surface area contributed by atoms with E-state index in [2.05, 4.69) is 15.1 Å². The number of carboxylic acid groups (broad SMARTS) is 1. The van der Waals surface area contributed by atoms with Crippen molar-refractivity contribution in [2.45, 2.75) is 38.1 Å². The minimum Gasteiger partial charge on any atom is -0.476 e. The van der Waals surface area contributed by atoms with E-state index in [1.807, 2.05) is 6.92 Å². The summed E-state index contributed by atoms with van der Waals surface area (Å²) < 4.78 is 50.3. The van der Waals surface area contributed by atoms with Gasteiger partial charge in [0, 0.05) is 27.9 Å². The summed E-state index contributed by atoms with van der Waals surface area (Å²) >= 11 is 5.99. The Bertz CT molecular complexity index is 1720. The van der Waals surface area contributed by atoms with Crippen molar-refractivity contribution in [2.75, 3.05) is 5.32 Å². The van der Waals surface area contributed by atoms with Gasteiger partial charge in [0.25, 0.3) is 5.91 Å². The molecule has 41 heavy (non-hydrogen) atoms. The summed E-state index contributed by atoms with van der Waals surface area (Å²) in [5.41, 5.74) is 0.474. The summed E-state index contributed by atoms with van der Waals surface area (Å²) in [7, 11) is -4.20. The minimum absolute atomic E-state index is 0.0929. The van der Waals surface area contributed by atoms with Gasteiger partial charge in [-0.3, -0.25) is 4.79 Å². The number of benzene rings is 3. The van der Waals surface area contributed by atoms with Crippen LogP contribution < -0.4 is 14.8 Å². The number of rotatable bonds is 10. The van der Waals surface area contributed by atoms with Crippen molar-refractivity contribution < 1.29 is 32.2 Å². The molecule has 0 aliphatic heterocycles. The van der Waals surface area contributed by atoms with Crippen molar-refractivity contribution in [2.24, 2.45) is 0 Å². The zero-order valence-electron chi connectivity index (χ0n) is 22.2. The van der Waals surface area contributed by atoms with Gasteiger partial charge in [0.15, 0.2) is 5.69 Å². The molecular formula is C28H26ClFN4O6S. The Labute approximate surface area is 240 Å². The van der Waals surface area contributed by atoms with Crippen LogP contribution in [0.25, 0.3) is 5.69 Å². The number of anilines is 1. The van der Waals surface area contributed by atoms with Crippen molar-refractivity contribution in [1.82, 2.24) is 14.5 Å². The number of carboxylic acids is 1. The number of hydrogen-bond acceptors (Lipinski definition) is 6. The molecule has 0 aliphatic rings. The second-order valence-corrected chi connectivity index (χ2v) is 11.2. The number of carbonyl (C=O) groups is 2. The van der Waals surface area contributed by atoms with Gasteiger partial charge in [-0.25, -0.2) is 22.3 Å². The van der Waals surface area contributed by atoms with Crippen LogP contribution in [0.1, 0.15) is 46.7 Å². The quantitative estimate of drug-likeness (QED) is 0.209. The van der Waals surface area contributed by atoms with Crippen molar-refractivity contribution in [3.63, 3.8) is 0 Å². The summed E-state index contributed by atoms with van der Waals surface area (Å²) in [6, 6.07) is 14.9. The predicted molar refractivity (Wildman–Crippen MR) is 151 cm³/mol. The zero-order chi connectivity index (χ0) is 29.9. The van der Waals surface area contributed by atoms with E-state index in [1.165, 1.54) is 55.5 Å². The molecule has 3 aromatic carbocycles. The Hall–Kier alpha value is -4.26. The van der Waals surface area contributed by atoms with Gasteiger partial charge >= 0.3 is 5.97 Å². The summed E-state index contributed by atoms with van der Waals surface area (Å²) in [5, 5.41) is 16.8. The molecule has 4 rings (SSSR count). The molecule has 0 fully saturated rings. The van der Waals surface area contributed by atoms with Gasteiger partial charge in [0.1, 0.15) is 16.5 Å². The lowest BCUT2D eigenvalue weighted by Crippen LogP contribution is -2.32. The third-order valence-corrected chi connectivity index (χ3v) is 7.94. The Morgan fingerprint density at radius 1 is 1.12 bits per heavy atom. The fraction of sp³-hybridized carbons (Fsp3) is 0.179. The fourth-order valence-corrected chi connectivity index (χ4v) is 5.46. The van der Waals surface area contributed by atoms with Crippen LogP contribution in [0.3, 0.4) is 0 Å². The lowest BCUT2D eigenvalue weighted by atomic mass is 10.2. The van der Waals surface area contributed by atoms with Crippen LogP contribution in [-0.2, 0) is 10.0 Å². The largest absolute Gasteiger partial charge is 0.476 e. The van der Waals surface area contributed by atoms with Crippen LogP contribution in [0.15, 0.2) is 71.6 Å². The lowest BCUT2D eigenvalue weighted by Gasteiger charge is -2.17. The van der Waals surface area contributed by atoms with E-state index in [1.54, 1.807) is 25.1 Å². The molecule has 0 bridgehead atoms. The number of ether oxygens (including phenoxy) is 1. The lowest BCUT2D eigenvalue weighted by molar-refractivity contribution is 0.0689. The number of aromatic nitrogens is 2. The van der Waals surface area contributed by atoms with Gasteiger partial charge in [0.2, 0.25) is 15.9 Å². The SMILES string of the molecule is CC[C@H](C)NS(=O)(=O)c1cc(NC(=O)c2cccc(Cl)c2)ccc1Oc1c(C)c(C(=O)O)nn1-c1ccc(F)cc1. The van der Waals surface area contributed by atoms with Crippen LogP contribution in [-0.4, -0.2) is 41.2 Å². The molecule has 1 amide bonds. The van der Waals surface area contributed by atoms with Crippen LogP contribution in [0.4, 0.5) is 10.1 Å². The first-order chi connectivity index (χ1) is 19.4. The van der Waals surface area contributed by atoms with E-state index >= 15 is 0 Å². The van der Waals surface area contributed by atoms with E-state index in [0.29, 0.717) is 11.4 Å². The maximum atomic E-state index is 13.6. The minimum atomic E-state index is -4.20. The number of aromatic carboxylic acids is 1. The van der Waals surface area contributed by atoms with E-state index in [9.17, 15) is 27.5 Å². The highest BCUT2D eigenvalue weighted by Gasteiger charge is 2.27. The molecule has 0 radical (unpaired) electrons. The molecule has 1 atom stereocenters. The fourth-order valence-electron chi connectivity index (χ4n) is 3.79. The second-order valence-electron chi connectivity index (χ2n) is 9.13. The van der Waals surface area contributed by atoms with Gasteiger partial charge in [-0.05, 0) is 80.9 Å². The second kappa shape index (κ2) is 12.1. The molecule has 0 unspecified atom stereocenters. The molecule has 0 spiro atoms. The highest BCUT2D eigenvalue weighted by Crippen LogP contribution is 2.35. The van der Waals surface area contributed by atoms with E-state index in [-0.39, 0.29) is 44.7 Å². The highest BCUT2D eigenvalue weighted by atomic mass is 35.5. The third-order valence-electron chi connectivity index (χ3n) is 6.10. The zero-order valence-corrected chi connectivity index (χ0v) is 23.8. The number of amides is 1. The molecular weight excluding hydrogens is 575 g/mol. The number of carbonyl (C=O) groups excluding carboxylic acids is 1. The first-order valence-electron chi connectivity index (χ1n) is 12.4. The Balaban J connectivity index is 1.81. The molecule has 0 aliphatic carbocycles. The van der Waals surface area contributed by atoms with Crippen molar-refractivity contribution >= 4 is 39.2 Å². The van der Waals surface area contributed by atoms with Crippen LogP contribution >= 0.6 is 11.6 Å². The molecule has 13 heteroatoms. The molecule has 1 aromatic heterocycles. The summed E-state index contributed by atoms with van der Waals surface area (Å²) in [4.78, 5) is 24.3. The Morgan fingerprint density at radius 2 is 1.83 bits per heavy atom. The van der Waals surface area contributed by atoms with E-state index < -0.39 is 33.8 Å². The number of hydrogen-bond donors (Lipinski definition) is 3. The number of nitrogens with one attached hydrogen (secondary N) is 2. The molecule has 0 saturated heterocycles. The molecule has 4 aromatic rings. The smallest absolute Gasteiger partial charge is 0.356 e. The van der Waals surface area contributed by atoms with E-state index in [0.717, 1.165) is 4.68 Å². The first-order valence-corrected chi connectivity index (χ1v) is 14.3. The van der Waals surface area contributed by atoms with Crippen LogP contribution in [0.2, 0.25) is 5.02 Å². The number of nitrogens with zero attached hydrogens (tertiary/aromatic N) is 2. The number of sulfonamides is 1. The topological polar surface area (TPSA) is 140 Å². The molecule has 214 valence electrons. The molecule has 0 saturated carbocycles. The highest BCUT2D eigenvalue weighted by molar-refractivity contribution is 7.89. The van der Waals surface area contributed by atoms with Crippen molar-refractivity contribution in [1.29, 1.82) is 0 Å². The molecule has 10 nitrogen and oxygen atoms in total. The first kappa shape index (κ1) is 29.7. The average molecular weight is 601 g/mol. The van der Waals surface area contributed by atoms with Crippen molar-refractivity contribution in [3.8, 4) is 17.3 Å². The van der Waals surface area contributed by atoms with Crippen LogP contribution in [0.5, 0.6) is 11.6 Å². The molecule has 3 N–H and O–H groups in total. The average Bonchev–Trinajstić information content (AvgIpc) is 3.25. The maximum Gasteiger partial charge on any atom is 0.356 e. The predicted octanol–water partition coefficient (Wildman–Crippen LogP) is 5.79. The van der Waals surface area contributed by atoms with Crippen LogP contribution in [0, 0.1) is 12.7 Å². The Morgan fingerprint density at radius 3 is 2.46 bits per heavy atom. The van der Waals surface area contributed by atoms with Gasteiger partial charge in [-0.15, -0.1) is 0 Å². The summed E-state index contributed by atoms with van der Waals surface area (Å²) in [6.07, 6.45) is 0.499. The maximum absolute atomic E-state index is 13.6. The molecule has 1 heterocycles. The number of halogens is 2. The van der Waals surface area contributed by atoms with Gasteiger partial charge in [0.05, 0.1) is 5.69 Å². The Kier molecular flexibility index (Phi) is 8.76. The normalized spacial score (nSPS) is 12.1.